The number of alkyl halides is 6. The Kier molecular flexibility index (Phi) is 7.27. The molecule has 0 fully saturated rings. The van der Waals surface area contributed by atoms with Gasteiger partial charge in [-0.3, -0.25) is 14.6 Å². The number of methoxy groups -OCH3 is 1. The van der Waals surface area contributed by atoms with E-state index in [-0.39, 0.29) is 22.7 Å². The second-order valence-electron chi connectivity index (χ2n) is 6.93. The van der Waals surface area contributed by atoms with E-state index in [0.29, 0.717) is 12.3 Å². The van der Waals surface area contributed by atoms with Gasteiger partial charge < -0.3 is 25.3 Å². The van der Waals surface area contributed by atoms with Crippen LogP contribution in [0.2, 0.25) is 0 Å². The molecule has 1 heterocycles. The Labute approximate surface area is 198 Å². The van der Waals surface area contributed by atoms with E-state index in [1.165, 1.54) is 24.3 Å². The first kappa shape index (κ1) is 26.1. The largest absolute Gasteiger partial charge is 0.573 e. The van der Waals surface area contributed by atoms with Crippen LogP contribution < -0.4 is 25.3 Å². The summed E-state index contributed by atoms with van der Waals surface area (Å²) in [5, 5.41) is 2.38. The van der Waals surface area contributed by atoms with Crippen molar-refractivity contribution in [1.29, 1.82) is 0 Å². The normalized spacial score (nSPS) is 11.5. The Hall–Kier alpha value is -4.49. The number of nitrogens with one attached hydrogen (secondary N) is 1. The molecule has 3 N–H and O–H groups in total. The lowest BCUT2D eigenvalue weighted by Gasteiger charge is -2.16. The second kappa shape index (κ2) is 10.0. The molecule has 0 aliphatic heterocycles. The van der Waals surface area contributed by atoms with Crippen molar-refractivity contribution in [3.05, 3.63) is 71.5 Å². The Balaban J connectivity index is 1.99. The molecule has 0 atom stereocenters. The lowest BCUT2D eigenvalue weighted by molar-refractivity contribution is -0.274. The van der Waals surface area contributed by atoms with Crippen molar-refractivity contribution in [1.82, 2.24) is 4.98 Å². The van der Waals surface area contributed by atoms with Gasteiger partial charge in [0.15, 0.2) is 11.5 Å². The summed E-state index contributed by atoms with van der Waals surface area (Å²) in [7, 11) is 1.08. The molecule has 190 valence electrons. The van der Waals surface area contributed by atoms with Crippen LogP contribution in [-0.2, 0) is 6.18 Å². The molecular formula is C22H15F6N3O5. The van der Waals surface area contributed by atoms with Crippen LogP contribution in [0.15, 0.2) is 54.7 Å². The highest BCUT2D eigenvalue weighted by atomic mass is 19.4. The minimum atomic E-state index is -5.00. The summed E-state index contributed by atoms with van der Waals surface area (Å²) < 4.78 is 91.4. The van der Waals surface area contributed by atoms with Gasteiger partial charge in [-0.1, -0.05) is 6.07 Å². The van der Waals surface area contributed by atoms with E-state index in [1.54, 1.807) is 0 Å². The van der Waals surface area contributed by atoms with Crippen molar-refractivity contribution in [2.75, 3.05) is 12.4 Å². The Bertz CT molecular complexity index is 1290. The molecule has 3 aromatic rings. The molecule has 2 amide bonds. The third-order valence-corrected chi connectivity index (χ3v) is 4.39. The number of benzene rings is 2. The molecule has 14 heteroatoms. The summed E-state index contributed by atoms with van der Waals surface area (Å²) in [6, 6.07) is 8.44. The number of pyridine rings is 1. The number of carbonyl (C=O) groups excluding carboxylic acids is 2. The van der Waals surface area contributed by atoms with Crippen molar-refractivity contribution in [3.8, 4) is 23.0 Å². The zero-order valence-corrected chi connectivity index (χ0v) is 18.0. The highest BCUT2D eigenvalue weighted by molar-refractivity contribution is 6.06. The highest BCUT2D eigenvalue weighted by Crippen LogP contribution is 2.39. The smallest absolute Gasteiger partial charge is 0.493 e. The molecule has 8 nitrogen and oxygen atoms in total. The van der Waals surface area contributed by atoms with Gasteiger partial charge in [0.05, 0.1) is 7.11 Å². The molecule has 0 aliphatic rings. The molecule has 0 bridgehead atoms. The van der Waals surface area contributed by atoms with Crippen molar-refractivity contribution < 1.29 is 50.1 Å². The molecule has 0 aliphatic carbocycles. The Morgan fingerprint density at radius 2 is 1.67 bits per heavy atom. The van der Waals surface area contributed by atoms with Gasteiger partial charge in [0.2, 0.25) is 5.91 Å². The molecule has 1 aromatic heterocycles. The summed E-state index contributed by atoms with van der Waals surface area (Å²) >= 11 is 0. The number of nitrogens with two attached hydrogens (primary N) is 1. The van der Waals surface area contributed by atoms with Gasteiger partial charge in [-0.15, -0.1) is 13.2 Å². The average molecular weight is 515 g/mol. The number of carbonyl (C=O) groups is 2. The third kappa shape index (κ3) is 6.55. The van der Waals surface area contributed by atoms with Gasteiger partial charge >= 0.3 is 12.5 Å². The predicted molar refractivity (Wildman–Crippen MR) is 112 cm³/mol. The van der Waals surface area contributed by atoms with Crippen LogP contribution in [0.5, 0.6) is 23.0 Å². The maximum absolute atomic E-state index is 13.3. The standard InChI is InChI=1S/C22H15F6N3O5/c1-34-17-8-13(36-22(26,27)28)5-6-15(17)35-16-9-18(21(23,24)25)30-10-14(16)20(33)31-12-4-2-3-11(7-12)19(29)32/h2-10H,1H3,(H2,29,32)(H,31,33). The van der Waals surface area contributed by atoms with Gasteiger partial charge in [-0.25, -0.2) is 0 Å². The Morgan fingerprint density at radius 3 is 2.28 bits per heavy atom. The average Bonchev–Trinajstić information content (AvgIpc) is 2.78. The maximum atomic E-state index is 13.3. The minimum Gasteiger partial charge on any atom is -0.493 e. The van der Waals surface area contributed by atoms with Crippen molar-refractivity contribution in [2.45, 2.75) is 12.5 Å². The minimum absolute atomic E-state index is 0.0562. The van der Waals surface area contributed by atoms with E-state index in [4.69, 9.17) is 15.2 Å². The monoisotopic (exact) mass is 515 g/mol. The summed E-state index contributed by atoms with van der Waals surface area (Å²) in [5.41, 5.74) is 3.47. The number of amides is 2. The van der Waals surface area contributed by atoms with Gasteiger partial charge in [0.1, 0.15) is 22.8 Å². The topological polar surface area (TPSA) is 113 Å². The third-order valence-electron chi connectivity index (χ3n) is 4.39. The quantitative estimate of drug-likeness (QED) is 0.421. The van der Waals surface area contributed by atoms with Crippen LogP contribution in [0, 0.1) is 0 Å². The molecule has 0 radical (unpaired) electrons. The fourth-order valence-electron chi connectivity index (χ4n) is 2.84. The molecule has 0 unspecified atom stereocenters. The van der Waals surface area contributed by atoms with Gasteiger partial charge in [-0.05, 0) is 30.3 Å². The van der Waals surface area contributed by atoms with Crippen LogP contribution >= 0.6 is 0 Å². The fraction of sp³-hybridized carbons (Fsp3) is 0.136. The highest BCUT2D eigenvalue weighted by Gasteiger charge is 2.34. The number of anilines is 1. The first-order valence-corrected chi connectivity index (χ1v) is 9.67. The summed E-state index contributed by atoms with van der Waals surface area (Å²) in [5.74, 6) is -3.72. The van der Waals surface area contributed by atoms with E-state index < -0.39 is 47.1 Å². The maximum Gasteiger partial charge on any atom is 0.573 e. The molecule has 36 heavy (non-hydrogen) atoms. The molecule has 2 aromatic carbocycles. The summed E-state index contributed by atoms with van der Waals surface area (Å²) in [4.78, 5) is 27.4. The first-order chi connectivity index (χ1) is 16.8. The predicted octanol–water partition coefficient (Wildman–Crippen LogP) is 5.15. The first-order valence-electron chi connectivity index (χ1n) is 9.67. The molecular weight excluding hydrogens is 500 g/mol. The van der Waals surface area contributed by atoms with E-state index in [9.17, 15) is 35.9 Å². The zero-order chi connectivity index (χ0) is 26.7. The van der Waals surface area contributed by atoms with Crippen LogP contribution in [0.4, 0.5) is 32.0 Å². The van der Waals surface area contributed by atoms with Crippen molar-refractivity contribution in [3.63, 3.8) is 0 Å². The fourth-order valence-corrected chi connectivity index (χ4v) is 2.84. The molecule has 0 spiro atoms. The number of ether oxygens (including phenoxy) is 3. The summed E-state index contributed by atoms with van der Waals surface area (Å²) in [6.45, 7) is 0. The number of rotatable bonds is 7. The van der Waals surface area contributed by atoms with Crippen LogP contribution in [0.1, 0.15) is 26.4 Å². The van der Waals surface area contributed by atoms with E-state index in [0.717, 1.165) is 25.3 Å². The lowest BCUT2D eigenvalue weighted by Crippen LogP contribution is -2.17. The van der Waals surface area contributed by atoms with Crippen LogP contribution in [0.3, 0.4) is 0 Å². The SMILES string of the molecule is COc1cc(OC(F)(F)F)ccc1Oc1cc(C(F)(F)F)ncc1C(=O)Nc1cccc(C(N)=O)c1. The lowest BCUT2D eigenvalue weighted by atomic mass is 10.1. The van der Waals surface area contributed by atoms with Crippen molar-refractivity contribution in [2.24, 2.45) is 5.73 Å². The second-order valence-corrected chi connectivity index (χ2v) is 6.93. The van der Waals surface area contributed by atoms with Crippen LogP contribution in [0.25, 0.3) is 0 Å². The van der Waals surface area contributed by atoms with Gasteiger partial charge in [-0.2, -0.15) is 13.2 Å². The number of hydrogen-bond acceptors (Lipinski definition) is 6. The van der Waals surface area contributed by atoms with Crippen molar-refractivity contribution >= 4 is 17.5 Å². The number of primary amides is 1. The van der Waals surface area contributed by atoms with E-state index in [1.807, 2.05) is 0 Å². The molecule has 0 saturated heterocycles. The van der Waals surface area contributed by atoms with Gasteiger partial charge in [0.25, 0.3) is 5.91 Å². The number of aromatic nitrogens is 1. The number of nitrogens with zero attached hydrogens (tertiary/aromatic N) is 1. The van der Waals surface area contributed by atoms with Gasteiger partial charge in [0, 0.05) is 29.6 Å². The number of hydrogen-bond donors (Lipinski definition) is 2. The summed E-state index contributed by atoms with van der Waals surface area (Å²) in [6.07, 6.45) is -9.30. The van der Waals surface area contributed by atoms with E-state index in [2.05, 4.69) is 15.0 Å². The Morgan fingerprint density at radius 1 is 0.944 bits per heavy atom. The molecule has 0 saturated carbocycles. The number of halogens is 6. The zero-order valence-electron chi connectivity index (χ0n) is 18.0. The van der Waals surface area contributed by atoms with Crippen LogP contribution in [-0.4, -0.2) is 30.3 Å². The van der Waals surface area contributed by atoms with E-state index >= 15 is 0 Å². The molecule has 3 rings (SSSR count).